The second-order valence-corrected chi connectivity index (χ2v) is 7.14. The Balaban J connectivity index is 2.01. The number of para-hydroxylation sites is 2. The number of nitrogens with one attached hydrogen (secondary N) is 1. The first kappa shape index (κ1) is 14.1. The molecule has 3 rings (SSSR count). The molecule has 0 aliphatic rings. The Morgan fingerprint density at radius 1 is 1.10 bits per heavy atom. The van der Waals surface area contributed by atoms with Crippen LogP contribution in [0.3, 0.4) is 0 Å². The summed E-state index contributed by atoms with van der Waals surface area (Å²) in [6.07, 6.45) is 0. The highest BCUT2D eigenvalue weighted by Gasteiger charge is 2.17. The molecule has 0 fully saturated rings. The Bertz CT molecular complexity index is 902. The van der Waals surface area contributed by atoms with Gasteiger partial charge in [0.25, 0.3) is 10.0 Å². The molecular formula is C14H12BrN3O2S. The Kier molecular flexibility index (Phi) is 3.46. The van der Waals surface area contributed by atoms with Crippen LogP contribution < -0.4 is 4.72 Å². The zero-order valence-electron chi connectivity index (χ0n) is 11.1. The normalized spacial score (nSPS) is 11.7. The number of hydrogen-bond donors (Lipinski definition) is 1. The summed E-state index contributed by atoms with van der Waals surface area (Å²) in [7, 11) is -1.88. The van der Waals surface area contributed by atoms with Crippen molar-refractivity contribution in [2.45, 2.75) is 4.90 Å². The molecule has 1 N–H and O–H groups in total. The van der Waals surface area contributed by atoms with E-state index in [9.17, 15) is 8.42 Å². The van der Waals surface area contributed by atoms with Gasteiger partial charge in [0.05, 0.1) is 15.9 Å². The molecule has 1 heterocycles. The third kappa shape index (κ3) is 2.66. The van der Waals surface area contributed by atoms with E-state index in [0.717, 1.165) is 15.5 Å². The number of halogens is 1. The smallest absolute Gasteiger partial charge is 0.264 e. The van der Waals surface area contributed by atoms with Crippen molar-refractivity contribution in [1.29, 1.82) is 0 Å². The lowest BCUT2D eigenvalue weighted by Gasteiger charge is -2.07. The van der Waals surface area contributed by atoms with Crippen molar-refractivity contribution < 1.29 is 8.42 Å². The highest BCUT2D eigenvalue weighted by Crippen LogP contribution is 2.21. The molecule has 0 radical (unpaired) electrons. The molecule has 0 amide bonds. The number of benzene rings is 2. The van der Waals surface area contributed by atoms with Crippen molar-refractivity contribution in [1.82, 2.24) is 9.55 Å². The first-order valence-corrected chi connectivity index (χ1v) is 8.45. The van der Waals surface area contributed by atoms with Gasteiger partial charge in [-0.1, -0.05) is 28.1 Å². The highest BCUT2D eigenvalue weighted by molar-refractivity contribution is 9.10. The van der Waals surface area contributed by atoms with E-state index in [1.165, 1.54) is 12.1 Å². The van der Waals surface area contributed by atoms with Gasteiger partial charge in [-0.15, -0.1) is 0 Å². The molecule has 5 nitrogen and oxygen atoms in total. The summed E-state index contributed by atoms with van der Waals surface area (Å²) in [6, 6.07) is 13.9. The van der Waals surface area contributed by atoms with Crippen LogP contribution in [0, 0.1) is 0 Å². The molecule has 108 valence electrons. The number of imidazole rings is 1. The molecule has 21 heavy (non-hydrogen) atoms. The van der Waals surface area contributed by atoms with E-state index in [-0.39, 0.29) is 4.90 Å². The van der Waals surface area contributed by atoms with Crippen LogP contribution in [0.15, 0.2) is 57.9 Å². The lowest BCUT2D eigenvalue weighted by molar-refractivity contribution is 0.600. The maximum atomic E-state index is 12.4. The van der Waals surface area contributed by atoms with E-state index in [4.69, 9.17) is 0 Å². The van der Waals surface area contributed by atoms with Crippen molar-refractivity contribution in [2.24, 2.45) is 7.05 Å². The molecule has 3 aromatic rings. The summed E-state index contributed by atoms with van der Waals surface area (Å²) in [4.78, 5) is 4.50. The van der Waals surface area contributed by atoms with E-state index < -0.39 is 10.0 Å². The number of nitrogens with zero attached hydrogens (tertiary/aromatic N) is 2. The molecule has 0 bridgehead atoms. The number of rotatable bonds is 3. The molecule has 0 aliphatic carbocycles. The minimum Gasteiger partial charge on any atom is -0.313 e. The van der Waals surface area contributed by atoms with E-state index in [2.05, 4.69) is 25.6 Å². The van der Waals surface area contributed by atoms with Gasteiger partial charge in [-0.05, 0) is 36.4 Å². The minimum atomic E-state index is -3.65. The molecule has 0 atom stereocenters. The van der Waals surface area contributed by atoms with Gasteiger partial charge in [-0.3, -0.25) is 0 Å². The van der Waals surface area contributed by atoms with Crippen molar-refractivity contribution in [2.75, 3.05) is 4.72 Å². The number of hydrogen-bond acceptors (Lipinski definition) is 3. The molecule has 7 heteroatoms. The third-order valence-electron chi connectivity index (χ3n) is 3.14. The lowest BCUT2D eigenvalue weighted by atomic mass is 10.3. The molecule has 0 saturated heterocycles. The molecule has 0 unspecified atom stereocenters. The lowest BCUT2D eigenvalue weighted by Crippen LogP contribution is -2.15. The van der Waals surface area contributed by atoms with Crippen LogP contribution in [0.1, 0.15) is 0 Å². The molecule has 0 saturated carbocycles. The summed E-state index contributed by atoms with van der Waals surface area (Å²) in [5.41, 5.74) is 1.61. The minimum absolute atomic E-state index is 0.192. The SMILES string of the molecule is Cn1c(NS(=O)(=O)c2ccc(Br)cc2)nc2ccccc21. The number of fused-ring (bicyclic) bond motifs is 1. The Morgan fingerprint density at radius 3 is 2.43 bits per heavy atom. The van der Waals surface area contributed by atoms with Crippen molar-refractivity contribution >= 4 is 42.9 Å². The standard InChI is InChI=1S/C14H12BrN3O2S/c1-18-13-5-3-2-4-12(13)16-14(18)17-21(19,20)11-8-6-10(15)7-9-11/h2-9H,1H3,(H,16,17). The van der Waals surface area contributed by atoms with Gasteiger partial charge in [0.2, 0.25) is 5.95 Å². The zero-order chi connectivity index (χ0) is 15.0. The largest absolute Gasteiger partial charge is 0.313 e. The van der Waals surface area contributed by atoms with Crippen LogP contribution in [-0.2, 0) is 17.1 Å². The fourth-order valence-electron chi connectivity index (χ4n) is 2.03. The quantitative estimate of drug-likeness (QED) is 0.775. The maximum absolute atomic E-state index is 12.4. The molecular weight excluding hydrogens is 354 g/mol. The van der Waals surface area contributed by atoms with Gasteiger partial charge >= 0.3 is 0 Å². The average Bonchev–Trinajstić information content (AvgIpc) is 2.76. The number of aromatic nitrogens is 2. The van der Waals surface area contributed by atoms with E-state index in [1.807, 2.05) is 24.3 Å². The van der Waals surface area contributed by atoms with Crippen LogP contribution in [0.2, 0.25) is 0 Å². The van der Waals surface area contributed by atoms with Crippen LogP contribution in [0.25, 0.3) is 11.0 Å². The second-order valence-electron chi connectivity index (χ2n) is 4.54. The third-order valence-corrected chi connectivity index (χ3v) is 5.01. The first-order chi connectivity index (χ1) is 9.97. The molecule has 0 aliphatic heterocycles. The molecule has 2 aromatic carbocycles. The molecule has 1 aromatic heterocycles. The number of sulfonamides is 1. The van der Waals surface area contributed by atoms with Crippen LogP contribution in [-0.4, -0.2) is 18.0 Å². The van der Waals surface area contributed by atoms with Crippen molar-refractivity contribution in [3.05, 3.63) is 53.0 Å². The van der Waals surface area contributed by atoms with E-state index in [1.54, 1.807) is 23.7 Å². The van der Waals surface area contributed by atoms with Gasteiger partial charge < -0.3 is 4.57 Å². The fourth-order valence-corrected chi connectivity index (χ4v) is 3.33. The van der Waals surface area contributed by atoms with Gasteiger partial charge in [0.1, 0.15) is 0 Å². The Morgan fingerprint density at radius 2 is 1.76 bits per heavy atom. The van der Waals surface area contributed by atoms with Gasteiger partial charge in [0.15, 0.2) is 0 Å². The number of anilines is 1. The zero-order valence-corrected chi connectivity index (χ0v) is 13.5. The van der Waals surface area contributed by atoms with Gasteiger partial charge in [-0.2, -0.15) is 0 Å². The van der Waals surface area contributed by atoms with E-state index in [0.29, 0.717) is 5.95 Å². The summed E-state index contributed by atoms with van der Waals surface area (Å²) >= 11 is 3.28. The topological polar surface area (TPSA) is 64.0 Å². The van der Waals surface area contributed by atoms with Gasteiger partial charge in [0, 0.05) is 11.5 Å². The molecule has 0 spiro atoms. The Labute approximate surface area is 130 Å². The predicted octanol–water partition coefficient (Wildman–Crippen LogP) is 3.14. The Hall–Kier alpha value is -1.86. The van der Waals surface area contributed by atoms with Crippen molar-refractivity contribution in [3.63, 3.8) is 0 Å². The van der Waals surface area contributed by atoms with Crippen LogP contribution >= 0.6 is 15.9 Å². The summed E-state index contributed by atoms with van der Waals surface area (Å²) < 4.78 is 29.8. The maximum Gasteiger partial charge on any atom is 0.264 e. The monoisotopic (exact) mass is 365 g/mol. The average molecular weight is 366 g/mol. The van der Waals surface area contributed by atoms with E-state index >= 15 is 0 Å². The van der Waals surface area contributed by atoms with Crippen LogP contribution in [0.4, 0.5) is 5.95 Å². The summed E-state index contributed by atoms with van der Waals surface area (Å²) in [5.74, 6) is 0.291. The van der Waals surface area contributed by atoms with Crippen LogP contribution in [0.5, 0.6) is 0 Å². The van der Waals surface area contributed by atoms with Crippen molar-refractivity contribution in [3.8, 4) is 0 Å². The predicted molar refractivity (Wildman–Crippen MR) is 85.7 cm³/mol. The highest BCUT2D eigenvalue weighted by atomic mass is 79.9. The summed E-state index contributed by atoms with van der Waals surface area (Å²) in [5, 5.41) is 0. The van der Waals surface area contributed by atoms with Gasteiger partial charge in [-0.25, -0.2) is 18.1 Å². The second kappa shape index (κ2) is 5.16. The first-order valence-electron chi connectivity index (χ1n) is 6.17. The number of aryl methyl sites for hydroxylation is 1. The fraction of sp³-hybridized carbons (Fsp3) is 0.0714. The summed E-state index contributed by atoms with van der Waals surface area (Å²) in [6.45, 7) is 0.